The van der Waals surface area contributed by atoms with Crippen LogP contribution >= 0.6 is 0 Å². The summed E-state index contributed by atoms with van der Waals surface area (Å²) in [6, 6.07) is 0. The number of nitrogens with zero attached hydrogens (tertiary/aromatic N) is 1. The van der Waals surface area contributed by atoms with E-state index in [0.29, 0.717) is 45.0 Å². The Morgan fingerprint density at radius 3 is 2.12 bits per heavy atom. The molecular weight excluding hydrogens is 536 g/mol. The number of nitrogens with two attached hydrogens (primary N) is 1. The topological polar surface area (TPSA) is 175 Å². The zero-order valence-electron chi connectivity index (χ0n) is 25.1. The van der Waals surface area contributed by atoms with Gasteiger partial charge in [0.05, 0.1) is 11.9 Å². The van der Waals surface area contributed by atoms with Gasteiger partial charge in [-0.1, -0.05) is 37.5 Å². The number of H-pyrrole nitrogens is 1. The lowest BCUT2D eigenvalue weighted by Gasteiger charge is -2.19. The molecule has 0 atom stereocenters. The fourth-order valence-electron chi connectivity index (χ4n) is 4.24. The Balaban J connectivity index is 3.73. The summed E-state index contributed by atoms with van der Waals surface area (Å²) in [5.41, 5.74) is 12.2. The van der Waals surface area contributed by atoms with Crippen LogP contribution in [0, 0.1) is 6.92 Å². The molecule has 0 saturated heterocycles. The minimum absolute atomic E-state index is 0.121. The Morgan fingerprint density at radius 1 is 1.00 bits per heavy atom. The molecule has 42 heavy (non-hydrogen) atoms. The van der Waals surface area contributed by atoms with E-state index in [9.17, 15) is 29.4 Å². The molecule has 0 aromatic carbocycles. The van der Waals surface area contributed by atoms with Crippen molar-refractivity contribution in [3.8, 4) is 0 Å². The maximum absolute atomic E-state index is 12.6. The number of carboxylic acids is 2. The number of nitrogens with one attached hydrogen (secondary N) is 2. The Kier molecular flexibility index (Phi) is 13.9. The third-order valence-electron chi connectivity index (χ3n) is 6.94. The number of rotatable bonds is 17. The standard InChI is InChI=1S/C32H42N4O6/c1-9-19(5)21(7)32(42)35-17-28-22(8)25(12-14-30(39)40)27(36-28)15-26(24(18(3)4)11-13-29(37)38)34-16-20(6)23(10-2)31(33)41/h9-10,17,34,36H,1-3,11-16H2,4-8H3,(H2,33,41)(H,37,38)(H,39,40)/b21-19+,23-20-,26-24-,35-17+. The van der Waals surface area contributed by atoms with Crippen molar-refractivity contribution in [2.75, 3.05) is 6.54 Å². The second-order valence-corrected chi connectivity index (χ2v) is 10.0. The summed E-state index contributed by atoms with van der Waals surface area (Å²) in [4.78, 5) is 54.6. The maximum Gasteiger partial charge on any atom is 0.303 e. The third-order valence-corrected chi connectivity index (χ3v) is 6.94. The summed E-state index contributed by atoms with van der Waals surface area (Å²) in [6.45, 7) is 20.3. The summed E-state index contributed by atoms with van der Waals surface area (Å²) in [6.07, 6.45) is 4.77. The molecule has 0 bridgehead atoms. The second-order valence-electron chi connectivity index (χ2n) is 10.0. The number of aromatic nitrogens is 1. The number of aromatic amines is 1. The van der Waals surface area contributed by atoms with E-state index in [0.717, 1.165) is 11.1 Å². The molecule has 1 rings (SSSR count). The predicted molar refractivity (Wildman–Crippen MR) is 165 cm³/mol. The SMILES string of the molecule is C=C/C(C(N)=O)=C(\C)CN/C(Cc1[nH]c(/C=N/C(=O)/C(C)=C(\C)C=C)c(C)c1CCC(=O)O)=C(/CCC(=O)O)C(=C)C. The fraction of sp³-hybridized carbons (Fsp3) is 0.344. The first-order valence-electron chi connectivity index (χ1n) is 13.4. The molecule has 10 nitrogen and oxygen atoms in total. The van der Waals surface area contributed by atoms with E-state index in [1.807, 2.05) is 6.92 Å². The van der Waals surface area contributed by atoms with Gasteiger partial charge in [0.25, 0.3) is 5.91 Å². The van der Waals surface area contributed by atoms with Crippen molar-refractivity contribution in [2.24, 2.45) is 10.7 Å². The van der Waals surface area contributed by atoms with Gasteiger partial charge >= 0.3 is 11.9 Å². The highest BCUT2D eigenvalue weighted by molar-refractivity contribution is 6.01. The molecule has 0 aliphatic heterocycles. The molecule has 1 heterocycles. The van der Waals surface area contributed by atoms with Crippen LogP contribution in [0.5, 0.6) is 0 Å². The number of carboxylic acid groups (broad SMARTS) is 2. The van der Waals surface area contributed by atoms with Gasteiger partial charge in [-0.25, -0.2) is 4.99 Å². The molecule has 1 aromatic rings. The van der Waals surface area contributed by atoms with Crippen molar-refractivity contribution in [3.63, 3.8) is 0 Å². The lowest BCUT2D eigenvalue weighted by Crippen LogP contribution is -2.23. The lowest BCUT2D eigenvalue weighted by molar-refractivity contribution is -0.138. The number of carbonyl (C=O) groups is 4. The predicted octanol–water partition coefficient (Wildman–Crippen LogP) is 4.62. The van der Waals surface area contributed by atoms with Gasteiger partial charge in [0.15, 0.2) is 0 Å². The monoisotopic (exact) mass is 578 g/mol. The molecule has 0 radical (unpaired) electrons. The number of hydrogen-bond donors (Lipinski definition) is 5. The van der Waals surface area contributed by atoms with Crippen LogP contribution in [0.1, 0.15) is 69.5 Å². The molecule has 0 spiro atoms. The van der Waals surface area contributed by atoms with E-state index in [1.165, 1.54) is 12.3 Å². The molecule has 0 unspecified atom stereocenters. The third kappa shape index (κ3) is 10.3. The average molecular weight is 579 g/mol. The van der Waals surface area contributed by atoms with Crippen molar-refractivity contribution < 1.29 is 29.4 Å². The van der Waals surface area contributed by atoms with Crippen molar-refractivity contribution in [2.45, 2.75) is 66.7 Å². The largest absolute Gasteiger partial charge is 0.481 e. The van der Waals surface area contributed by atoms with Crippen molar-refractivity contribution in [3.05, 3.63) is 93.5 Å². The minimum Gasteiger partial charge on any atom is -0.481 e. The van der Waals surface area contributed by atoms with E-state index >= 15 is 0 Å². The quantitative estimate of drug-likeness (QED) is 0.102. The number of primary amides is 1. The summed E-state index contributed by atoms with van der Waals surface area (Å²) in [5.74, 6) is -2.98. The fourth-order valence-corrected chi connectivity index (χ4v) is 4.24. The minimum atomic E-state index is -0.969. The molecular formula is C32H42N4O6. The first-order valence-corrected chi connectivity index (χ1v) is 13.4. The number of aliphatic carboxylic acids is 2. The van der Waals surface area contributed by atoms with E-state index in [-0.39, 0.29) is 44.2 Å². The van der Waals surface area contributed by atoms with Crippen LogP contribution in [-0.2, 0) is 32.0 Å². The number of carbonyl (C=O) groups excluding carboxylic acids is 2. The molecule has 0 aliphatic carbocycles. The van der Waals surface area contributed by atoms with E-state index in [2.05, 4.69) is 35.0 Å². The summed E-state index contributed by atoms with van der Waals surface area (Å²) >= 11 is 0. The van der Waals surface area contributed by atoms with Crippen LogP contribution in [0.3, 0.4) is 0 Å². The van der Waals surface area contributed by atoms with Crippen molar-refractivity contribution in [1.29, 1.82) is 0 Å². The Bertz CT molecular complexity index is 1400. The van der Waals surface area contributed by atoms with E-state index in [1.54, 1.807) is 33.8 Å². The maximum atomic E-state index is 12.6. The van der Waals surface area contributed by atoms with Gasteiger partial charge < -0.3 is 26.2 Å². The average Bonchev–Trinajstić information content (AvgIpc) is 3.21. The van der Waals surface area contributed by atoms with Gasteiger partial charge in [0, 0.05) is 48.3 Å². The molecule has 0 saturated carbocycles. The van der Waals surface area contributed by atoms with Crippen LogP contribution in [0.2, 0.25) is 0 Å². The number of hydrogen-bond acceptors (Lipinski definition) is 5. The first-order chi connectivity index (χ1) is 19.6. The van der Waals surface area contributed by atoms with Gasteiger partial charge in [-0.15, -0.1) is 0 Å². The molecule has 0 aliphatic rings. The van der Waals surface area contributed by atoms with Crippen molar-refractivity contribution >= 4 is 30.0 Å². The van der Waals surface area contributed by atoms with Crippen LogP contribution in [0.4, 0.5) is 0 Å². The second kappa shape index (κ2) is 16.5. The summed E-state index contributed by atoms with van der Waals surface area (Å²) < 4.78 is 0. The van der Waals surface area contributed by atoms with Crippen molar-refractivity contribution in [1.82, 2.24) is 10.3 Å². The summed E-state index contributed by atoms with van der Waals surface area (Å²) in [5, 5.41) is 22.0. The molecule has 1 aromatic heterocycles. The Labute approximate surface area is 247 Å². The number of aliphatic imine (C=N–C) groups is 1. The van der Waals surface area contributed by atoms with Gasteiger partial charge in [0.1, 0.15) is 0 Å². The Hall–Kier alpha value is -4.73. The van der Waals surface area contributed by atoms with Crippen LogP contribution < -0.4 is 11.1 Å². The molecule has 6 N–H and O–H groups in total. The Morgan fingerprint density at radius 2 is 1.62 bits per heavy atom. The normalized spacial score (nSPS) is 13.1. The highest BCUT2D eigenvalue weighted by Gasteiger charge is 2.19. The lowest BCUT2D eigenvalue weighted by atomic mass is 9.96. The van der Waals surface area contributed by atoms with E-state index in [4.69, 9.17) is 5.73 Å². The highest BCUT2D eigenvalue weighted by Crippen LogP contribution is 2.26. The molecule has 226 valence electrons. The van der Waals surface area contributed by atoms with Crippen LogP contribution in [0.15, 0.2) is 76.0 Å². The van der Waals surface area contributed by atoms with E-state index < -0.39 is 23.8 Å². The molecule has 0 fully saturated rings. The van der Waals surface area contributed by atoms with Crippen LogP contribution in [-0.4, -0.2) is 51.7 Å². The molecule has 2 amide bonds. The van der Waals surface area contributed by atoms with Gasteiger partial charge in [-0.2, -0.15) is 0 Å². The number of allylic oxidation sites excluding steroid dienone is 5. The molecule has 10 heteroatoms. The smallest absolute Gasteiger partial charge is 0.303 e. The van der Waals surface area contributed by atoms with Gasteiger partial charge in [0.2, 0.25) is 5.91 Å². The summed E-state index contributed by atoms with van der Waals surface area (Å²) in [7, 11) is 0. The first kappa shape index (κ1) is 35.3. The zero-order valence-corrected chi connectivity index (χ0v) is 25.1. The zero-order chi connectivity index (χ0) is 32.1. The van der Waals surface area contributed by atoms with Gasteiger partial charge in [-0.3, -0.25) is 19.2 Å². The number of amides is 2. The van der Waals surface area contributed by atoms with Crippen LogP contribution in [0.25, 0.3) is 0 Å². The van der Waals surface area contributed by atoms with Gasteiger partial charge in [-0.05, 0) is 75.3 Å². The highest BCUT2D eigenvalue weighted by atomic mass is 16.4.